The standard InChI is InChI=1S/C15H21NO3/c1-3-15(10-17,19-11-18-2)9-14-13-6-4-5-12(13)7-8-16-14/h7-8,10H,3-6,9,11H2,1-2H3. The van der Waals surface area contributed by atoms with E-state index in [0.717, 1.165) is 24.8 Å². The molecule has 104 valence electrons. The quantitative estimate of drug-likeness (QED) is 0.558. The predicted molar refractivity (Wildman–Crippen MR) is 72.0 cm³/mol. The maximum atomic E-state index is 11.5. The fraction of sp³-hybridized carbons (Fsp3) is 0.600. The number of methoxy groups -OCH3 is 1. The predicted octanol–water partition coefficient (Wildman–Crippen LogP) is 2.08. The molecule has 1 aliphatic carbocycles. The Labute approximate surface area is 114 Å². The maximum absolute atomic E-state index is 11.5. The molecule has 1 aromatic rings. The Bertz CT molecular complexity index is 447. The van der Waals surface area contributed by atoms with E-state index in [2.05, 4.69) is 11.1 Å². The molecule has 0 bridgehead atoms. The van der Waals surface area contributed by atoms with Crippen molar-refractivity contribution in [3.63, 3.8) is 0 Å². The van der Waals surface area contributed by atoms with Crippen molar-refractivity contribution in [1.29, 1.82) is 0 Å². The van der Waals surface area contributed by atoms with Gasteiger partial charge in [-0.15, -0.1) is 0 Å². The highest BCUT2D eigenvalue weighted by Gasteiger charge is 2.31. The zero-order valence-electron chi connectivity index (χ0n) is 11.6. The first-order valence-corrected chi connectivity index (χ1v) is 6.79. The number of carbonyl (C=O) groups is 1. The second-order valence-corrected chi connectivity index (χ2v) is 5.01. The van der Waals surface area contributed by atoms with Crippen molar-refractivity contribution in [2.24, 2.45) is 0 Å². The summed E-state index contributed by atoms with van der Waals surface area (Å²) in [5, 5.41) is 0. The van der Waals surface area contributed by atoms with Gasteiger partial charge in [0.25, 0.3) is 0 Å². The largest absolute Gasteiger partial charge is 0.359 e. The Balaban J connectivity index is 2.22. The Morgan fingerprint density at radius 1 is 1.47 bits per heavy atom. The number of hydrogen-bond acceptors (Lipinski definition) is 4. The third kappa shape index (κ3) is 3.01. The van der Waals surface area contributed by atoms with Gasteiger partial charge < -0.3 is 14.3 Å². The highest BCUT2D eigenvalue weighted by Crippen LogP contribution is 2.28. The summed E-state index contributed by atoms with van der Waals surface area (Å²) in [6.45, 7) is 2.08. The minimum Gasteiger partial charge on any atom is -0.359 e. The number of aryl methyl sites for hydroxylation is 1. The normalized spacial score (nSPS) is 16.9. The molecule has 1 unspecified atom stereocenters. The summed E-state index contributed by atoms with van der Waals surface area (Å²) in [6, 6.07) is 2.08. The van der Waals surface area contributed by atoms with Crippen LogP contribution in [0.15, 0.2) is 12.3 Å². The van der Waals surface area contributed by atoms with Crippen LogP contribution in [0.25, 0.3) is 0 Å². The topological polar surface area (TPSA) is 48.4 Å². The van der Waals surface area contributed by atoms with E-state index in [9.17, 15) is 4.79 Å². The molecule has 1 aromatic heterocycles. The molecule has 0 saturated carbocycles. The van der Waals surface area contributed by atoms with Crippen LogP contribution in [-0.4, -0.2) is 30.8 Å². The van der Waals surface area contributed by atoms with E-state index >= 15 is 0 Å². The van der Waals surface area contributed by atoms with Crippen molar-refractivity contribution < 1.29 is 14.3 Å². The lowest BCUT2D eigenvalue weighted by molar-refractivity contribution is -0.152. The van der Waals surface area contributed by atoms with Crippen molar-refractivity contribution in [1.82, 2.24) is 4.98 Å². The summed E-state index contributed by atoms with van der Waals surface area (Å²) in [6.07, 6.45) is 7.21. The first-order valence-electron chi connectivity index (χ1n) is 6.79. The Morgan fingerprint density at radius 2 is 2.32 bits per heavy atom. The summed E-state index contributed by atoms with van der Waals surface area (Å²) in [4.78, 5) is 15.9. The van der Waals surface area contributed by atoms with Crippen molar-refractivity contribution in [3.8, 4) is 0 Å². The minimum absolute atomic E-state index is 0.127. The molecule has 0 fully saturated rings. The number of aromatic nitrogens is 1. The van der Waals surface area contributed by atoms with E-state index in [4.69, 9.17) is 9.47 Å². The van der Waals surface area contributed by atoms with Crippen LogP contribution < -0.4 is 0 Å². The molecule has 0 radical (unpaired) electrons. The Kier molecular flexibility index (Phi) is 4.66. The summed E-state index contributed by atoms with van der Waals surface area (Å²) in [5.74, 6) is 0. The van der Waals surface area contributed by atoms with Crippen LogP contribution in [0.4, 0.5) is 0 Å². The van der Waals surface area contributed by atoms with Crippen molar-refractivity contribution in [2.45, 2.75) is 44.6 Å². The molecule has 4 heteroatoms. The summed E-state index contributed by atoms with van der Waals surface area (Å²) >= 11 is 0. The third-order valence-electron chi connectivity index (χ3n) is 3.86. The second kappa shape index (κ2) is 6.26. The number of fused-ring (bicyclic) bond motifs is 1. The van der Waals surface area contributed by atoms with Crippen molar-refractivity contribution in [2.75, 3.05) is 13.9 Å². The van der Waals surface area contributed by atoms with E-state index in [1.165, 1.54) is 17.5 Å². The van der Waals surface area contributed by atoms with Crippen LogP contribution in [0.2, 0.25) is 0 Å². The Hall–Kier alpha value is -1.26. The molecular formula is C15H21NO3. The molecule has 0 aromatic carbocycles. The lowest BCUT2D eigenvalue weighted by atomic mass is 9.93. The monoisotopic (exact) mass is 263 g/mol. The van der Waals surface area contributed by atoms with Gasteiger partial charge in [0.15, 0.2) is 6.29 Å². The van der Waals surface area contributed by atoms with E-state index < -0.39 is 5.60 Å². The summed E-state index contributed by atoms with van der Waals surface area (Å²) < 4.78 is 10.5. The molecule has 0 amide bonds. The first-order chi connectivity index (χ1) is 9.24. The van der Waals surface area contributed by atoms with Gasteiger partial charge >= 0.3 is 0 Å². The van der Waals surface area contributed by atoms with Crippen LogP contribution in [0.5, 0.6) is 0 Å². The number of nitrogens with zero attached hydrogens (tertiary/aromatic N) is 1. The Morgan fingerprint density at radius 3 is 3.00 bits per heavy atom. The molecule has 4 nitrogen and oxygen atoms in total. The van der Waals surface area contributed by atoms with Crippen LogP contribution >= 0.6 is 0 Å². The van der Waals surface area contributed by atoms with Crippen LogP contribution in [0.1, 0.15) is 36.6 Å². The van der Waals surface area contributed by atoms with E-state index in [-0.39, 0.29) is 6.79 Å². The molecule has 0 aliphatic heterocycles. The van der Waals surface area contributed by atoms with Gasteiger partial charge in [-0.05, 0) is 42.9 Å². The van der Waals surface area contributed by atoms with Gasteiger partial charge in [-0.1, -0.05) is 6.92 Å². The van der Waals surface area contributed by atoms with Gasteiger partial charge in [0.2, 0.25) is 0 Å². The number of ether oxygens (including phenoxy) is 2. The molecule has 2 rings (SSSR count). The van der Waals surface area contributed by atoms with Gasteiger partial charge in [0.1, 0.15) is 12.4 Å². The lowest BCUT2D eigenvalue weighted by Crippen LogP contribution is -2.37. The zero-order valence-corrected chi connectivity index (χ0v) is 11.6. The smallest absolute Gasteiger partial charge is 0.152 e. The molecule has 0 spiro atoms. The molecule has 1 atom stereocenters. The van der Waals surface area contributed by atoms with Crippen LogP contribution in [0, 0.1) is 0 Å². The first kappa shape index (κ1) is 14.2. The van der Waals surface area contributed by atoms with Gasteiger partial charge in [-0.2, -0.15) is 0 Å². The number of pyridine rings is 1. The van der Waals surface area contributed by atoms with E-state index in [1.807, 2.05) is 13.1 Å². The number of carbonyl (C=O) groups excluding carboxylic acids is 1. The summed E-state index contributed by atoms with van der Waals surface area (Å²) in [7, 11) is 1.56. The van der Waals surface area contributed by atoms with Gasteiger partial charge in [0, 0.05) is 25.4 Å². The van der Waals surface area contributed by atoms with Gasteiger partial charge in [-0.25, -0.2) is 0 Å². The molecule has 19 heavy (non-hydrogen) atoms. The van der Waals surface area contributed by atoms with Crippen molar-refractivity contribution >= 4 is 6.29 Å². The van der Waals surface area contributed by atoms with Crippen LogP contribution in [0.3, 0.4) is 0 Å². The second-order valence-electron chi connectivity index (χ2n) is 5.01. The molecule has 1 aliphatic rings. The highest BCUT2D eigenvalue weighted by atomic mass is 16.7. The molecular weight excluding hydrogens is 242 g/mol. The third-order valence-corrected chi connectivity index (χ3v) is 3.86. The number of hydrogen-bond donors (Lipinski definition) is 0. The minimum atomic E-state index is -0.819. The van der Waals surface area contributed by atoms with Gasteiger partial charge in [-0.3, -0.25) is 4.98 Å². The summed E-state index contributed by atoms with van der Waals surface area (Å²) in [5.41, 5.74) is 2.86. The fourth-order valence-electron chi connectivity index (χ4n) is 2.62. The van der Waals surface area contributed by atoms with Gasteiger partial charge in [0.05, 0.1) is 0 Å². The fourth-order valence-corrected chi connectivity index (χ4v) is 2.62. The van der Waals surface area contributed by atoms with Crippen LogP contribution in [-0.2, 0) is 33.5 Å². The maximum Gasteiger partial charge on any atom is 0.152 e. The SMILES string of the molecule is CCC(C=O)(Cc1nccc2c1CCC2)OCOC. The van der Waals surface area contributed by atoms with E-state index in [0.29, 0.717) is 12.8 Å². The number of aldehydes is 1. The molecule has 1 heterocycles. The average Bonchev–Trinajstić information content (AvgIpc) is 2.93. The molecule has 0 saturated heterocycles. The van der Waals surface area contributed by atoms with E-state index in [1.54, 1.807) is 7.11 Å². The lowest BCUT2D eigenvalue weighted by Gasteiger charge is -2.27. The highest BCUT2D eigenvalue weighted by molar-refractivity contribution is 5.63. The average molecular weight is 263 g/mol. The number of rotatable bonds is 7. The van der Waals surface area contributed by atoms with Crippen molar-refractivity contribution in [3.05, 3.63) is 29.1 Å². The molecule has 0 N–H and O–H groups in total. The zero-order chi connectivity index (χ0) is 13.7.